The van der Waals surface area contributed by atoms with Gasteiger partial charge in [0.15, 0.2) is 0 Å². The molecule has 35 heavy (non-hydrogen) atoms. The third-order valence-corrected chi connectivity index (χ3v) is 5.35. The lowest BCUT2D eigenvalue weighted by atomic mass is 9.91. The van der Waals surface area contributed by atoms with Gasteiger partial charge < -0.3 is 26.4 Å². The Bertz CT molecular complexity index is 1350. The summed E-state index contributed by atoms with van der Waals surface area (Å²) in [5, 5.41) is 30.2. The highest BCUT2D eigenvalue weighted by molar-refractivity contribution is 5.96. The first-order valence-corrected chi connectivity index (χ1v) is 10.4. The molecule has 0 spiro atoms. The molecule has 1 amide bonds. The Morgan fingerprint density at radius 2 is 1.69 bits per heavy atom. The number of aliphatic carboxylic acids is 3. The number of hydrogen-bond donors (Lipinski definition) is 6. The average molecular weight is 482 g/mol. The van der Waals surface area contributed by atoms with Gasteiger partial charge in [-0.2, -0.15) is 0 Å². The zero-order valence-electron chi connectivity index (χ0n) is 18.2. The van der Waals surface area contributed by atoms with Gasteiger partial charge in [-0.05, 0) is 48.2 Å². The third-order valence-electron chi connectivity index (χ3n) is 5.35. The Morgan fingerprint density at radius 3 is 2.29 bits per heavy atom. The molecule has 0 aliphatic rings. The highest BCUT2D eigenvalue weighted by Gasteiger charge is 2.24. The summed E-state index contributed by atoms with van der Waals surface area (Å²) in [4.78, 5) is 64.9. The molecule has 0 aliphatic carbocycles. The van der Waals surface area contributed by atoms with Crippen molar-refractivity contribution in [3.8, 4) is 0 Å². The number of nitrogen functional groups attached to an aromatic ring is 1. The summed E-state index contributed by atoms with van der Waals surface area (Å²) in [6.07, 6.45) is -0.663. The molecule has 7 N–H and O–H groups in total. The molecule has 0 radical (unpaired) electrons. The summed E-state index contributed by atoms with van der Waals surface area (Å²) in [7, 11) is 0. The number of benzene rings is 2. The van der Waals surface area contributed by atoms with Crippen molar-refractivity contribution in [1.29, 1.82) is 0 Å². The molecule has 1 heterocycles. The number of aromatic nitrogens is 2. The number of H-pyrrole nitrogens is 1. The van der Waals surface area contributed by atoms with Crippen molar-refractivity contribution in [3.05, 3.63) is 69.5 Å². The maximum atomic E-state index is 12.4. The van der Waals surface area contributed by atoms with Crippen LogP contribution < -0.4 is 16.6 Å². The summed E-state index contributed by atoms with van der Waals surface area (Å²) in [6, 6.07) is 8.98. The number of nitrogens with zero attached hydrogens (tertiary/aromatic N) is 1. The van der Waals surface area contributed by atoms with E-state index in [-0.39, 0.29) is 29.7 Å². The topological polar surface area (TPSA) is 213 Å². The van der Waals surface area contributed by atoms with E-state index in [2.05, 4.69) is 15.3 Å². The smallest absolute Gasteiger partial charge is 0.326 e. The number of fused-ring (bicyclic) bond motifs is 1. The molecule has 0 unspecified atom stereocenters. The maximum absolute atomic E-state index is 12.4. The van der Waals surface area contributed by atoms with Crippen LogP contribution in [0.25, 0.3) is 10.9 Å². The molecule has 12 nitrogen and oxygen atoms in total. The minimum absolute atomic E-state index is 0.0284. The van der Waals surface area contributed by atoms with Crippen LogP contribution >= 0.6 is 0 Å². The van der Waals surface area contributed by atoms with Crippen LogP contribution in [-0.2, 0) is 20.8 Å². The second-order valence-corrected chi connectivity index (χ2v) is 7.82. The summed E-state index contributed by atoms with van der Waals surface area (Å²) in [5.74, 6) is -5.43. The molecule has 0 saturated heterocycles. The molecule has 0 aliphatic heterocycles. The van der Waals surface area contributed by atoms with Gasteiger partial charge in [0, 0.05) is 12.0 Å². The summed E-state index contributed by atoms with van der Waals surface area (Å²) in [5.41, 5.74) is 6.51. The summed E-state index contributed by atoms with van der Waals surface area (Å²) in [6.45, 7) is 0. The van der Waals surface area contributed by atoms with Gasteiger partial charge in [0.2, 0.25) is 5.95 Å². The molecular formula is C23H22N4O8. The van der Waals surface area contributed by atoms with Crippen LogP contribution in [0.2, 0.25) is 0 Å². The van der Waals surface area contributed by atoms with Crippen LogP contribution in [0.3, 0.4) is 0 Å². The number of nitrogens with one attached hydrogen (secondary N) is 2. The van der Waals surface area contributed by atoms with Crippen molar-refractivity contribution in [2.24, 2.45) is 0 Å². The van der Waals surface area contributed by atoms with Crippen molar-refractivity contribution >= 4 is 40.7 Å². The largest absolute Gasteiger partial charge is 0.481 e. The van der Waals surface area contributed by atoms with E-state index in [0.29, 0.717) is 16.6 Å². The first-order chi connectivity index (χ1) is 16.5. The lowest BCUT2D eigenvalue weighted by molar-refractivity contribution is -0.141. The number of carbonyl (C=O) groups excluding carboxylic acids is 1. The summed E-state index contributed by atoms with van der Waals surface area (Å²) < 4.78 is 0. The minimum atomic E-state index is -1.38. The van der Waals surface area contributed by atoms with Gasteiger partial charge in [0.25, 0.3) is 11.5 Å². The minimum Gasteiger partial charge on any atom is -0.481 e. The number of hydrogen-bond acceptors (Lipinski definition) is 7. The Kier molecular flexibility index (Phi) is 7.44. The van der Waals surface area contributed by atoms with Crippen molar-refractivity contribution in [2.75, 3.05) is 5.73 Å². The van der Waals surface area contributed by atoms with Crippen LogP contribution in [0, 0.1) is 0 Å². The fourth-order valence-corrected chi connectivity index (χ4v) is 3.55. The molecule has 1 aromatic heterocycles. The van der Waals surface area contributed by atoms with Crippen LogP contribution in [0.15, 0.2) is 47.3 Å². The molecule has 3 aromatic rings. The number of nitrogens with two attached hydrogens (primary N) is 1. The van der Waals surface area contributed by atoms with E-state index in [9.17, 15) is 34.2 Å². The fraction of sp³-hybridized carbons (Fsp3) is 0.217. The molecule has 0 bridgehead atoms. The van der Waals surface area contributed by atoms with Crippen LogP contribution in [0.4, 0.5) is 5.95 Å². The number of anilines is 1. The van der Waals surface area contributed by atoms with Gasteiger partial charge in [-0.25, -0.2) is 9.78 Å². The highest BCUT2D eigenvalue weighted by atomic mass is 16.4. The second kappa shape index (κ2) is 10.5. The summed E-state index contributed by atoms with van der Waals surface area (Å²) >= 11 is 0. The van der Waals surface area contributed by atoms with Gasteiger partial charge in [0.05, 0.1) is 16.8 Å². The number of carbonyl (C=O) groups is 4. The van der Waals surface area contributed by atoms with Crippen molar-refractivity contribution in [3.63, 3.8) is 0 Å². The normalized spacial score (nSPS) is 12.6. The molecular weight excluding hydrogens is 460 g/mol. The monoisotopic (exact) mass is 482 g/mol. The SMILES string of the molecule is Nc1nc2ccc(C[C@@H](C(=O)O)c3ccc(C(=O)N[C@@H](CCC(=O)O)C(=O)O)cc3)cc2c(=O)[nH]1. The molecule has 3 rings (SSSR count). The quantitative estimate of drug-likeness (QED) is 0.241. The third kappa shape index (κ3) is 6.19. The van der Waals surface area contributed by atoms with E-state index in [0.717, 1.165) is 0 Å². The Labute approximate surface area is 197 Å². The van der Waals surface area contributed by atoms with Gasteiger partial charge in [-0.3, -0.25) is 24.2 Å². The number of carboxylic acid groups (broad SMARTS) is 3. The highest BCUT2D eigenvalue weighted by Crippen LogP contribution is 2.23. The first kappa shape index (κ1) is 24.9. The zero-order chi connectivity index (χ0) is 25.7. The van der Waals surface area contributed by atoms with E-state index in [1.54, 1.807) is 18.2 Å². The molecule has 0 saturated carbocycles. The standard InChI is InChI=1S/C23H22N4O8/c24-23-26-16-6-1-11(10-15(16)20(31)27-23)9-14(21(32)33)12-2-4-13(5-3-12)19(30)25-17(22(34)35)7-8-18(28)29/h1-6,10,14,17H,7-9H2,(H,25,30)(H,28,29)(H,32,33)(H,34,35)(H3,24,26,27,31)/t14-,17+/m1/s1. The zero-order valence-corrected chi connectivity index (χ0v) is 18.2. The van der Waals surface area contributed by atoms with Crippen molar-refractivity contribution < 1.29 is 34.5 Å². The Morgan fingerprint density at radius 1 is 1.00 bits per heavy atom. The Balaban J connectivity index is 1.78. The second-order valence-electron chi connectivity index (χ2n) is 7.82. The van der Waals surface area contributed by atoms with Gasteiger partial charge >= 0.3 is 17.9 Å². The van der Waals surface area contributed by atoms with E-state index < -0.39 is 47.8 Å². The van der Waals surface area contributed by atoms with Crippen molar-refractivity contribution in [2.45, 2.75) is 31.2 Å². The fourth-order valence-electron chi connectivity index (χ4n) is 3.55. The van der Waals surface area contributed by atoms with Crippen molar-refractivity contribution in [1.82, 2.24) is 15.3 Å². The van der Waals surface area contributed by atoms with E-state index in [1.807, 2.05) is 0 Å². The molecule has 2 atom stereocenters. The lowest BCUT2D eigenvalue weighted by Gasteiger charge is -2.15. The Hall–Kier alpha value is -4.74. The average Bonchev–Trinajstić information content (AvgIpc) is 2.79. The molecule has 2 aromatic carbocycles. The van der Waals surface area contributed by atoms with Gasteiger partial charge in [-0.1, -0.05) is 18.2 Å². The van der Waals surface area contributed by atoms with Crippen LogP contribution in [0.5, 0.6) is 0 Å². The molecule has 0 fully saturated rings. The predicted octanol–water partition coefficient (Wildman–Crippen LogP) is 0.964. The number of carboxylic acids is 3. The van der Waals surface area contributed by atoms with Gasteiger partial charge in [0.1, 0.15) is 6.04 Å². The maximum Gasteiger partial charge on any atom is 0.326 e. The van der Waals surface area contributed by atoms with Gasteiger partial charge in [-0.15, -0.1) is 0 Å². The van der Waals surface area contributed by atoms with Crippen LogP contribution in [0.1, 0.15) is 40.2 Å². The number of rotatable bonds is 10. The van der Waals surface area contributed by atoms with E-state index in [4.69, 9.17) is 10.8 Å². The molecule has 12 heteroatoms. The van der Waals surface area contributed by atoms with E-state index >= 15 is 0 Å². The predicted molar refractivity (Wildman–Crippen MR) is 123 cm³/mol. The van der Waals surface area contributed by atoms with Crippen LogP contribution in [-0.4, -0.2) is 55.1 Å². The first-order valence-electron chi connectivity index (χ1n) is 10.4. The molecule has 182 valence electrons. The number of aromatic amines is 1. The lowest BCUT2D eigenvalue weighted by Crippen LogP contribution is -2.41. The number of amides is 1. The van der Waals surface area contributed by atoms with E-state index in [1.165, 1.54) is 24.3 Å².